The van der Waals surface area contributed by atoms with E-state index in [4.69, 9.17) is 4.74 Å². The molecule has 0 fully saturated rings. The lowest BCUT2D eigenvalue weighted by Gasteiger charge is -2.10. The number of aryl methyl sites for hydroxylation is 1. The van der Waals surface area contributed by atoms with Gasteiger partial charge >= 0.3 is 0 Å². The molecule has 0 atom stereocenters. The first kappa shape index (κ1) is 17.7. The molecule has 3 aromatic rings. The molecular weight excluding hydrogens is 324 g/mol. The van der Waals surface area contributed by atoms with E-state index in [1.165, 1.54) is 16.7 Å². The maximum absolute atomic E-state index is 5.39. The minimum Gasteiger partial charge on any atom is -0.496 e. The number of benzene rings is 2. The van der Waals surface area contributed by atoms with Gasteiger partial charge in [0.1, 0.15) is 11.6 Å². The molecule has 0 bridgehead atoms. The Morgan fingerprint density at radius 3 is 2.58 bits per heavy atom. The lowest BCUT2D eigenvalue weighted by atomic mass is 10.1. The second-order valence-corrected chi connectivity index (χ2v) is 6.09. The Kier molecular flexibility index (Phi) is 6.04. The number of nitrogens with zero attached hydrogens (tertiary/aromatic N) is 2. The molecule has 5 heteroatoms. The van der Waals surface area contributed by atoms with Gasteiger partial charge in [-0.05, 0) is 36.6 Å². The smallest absolute Gasteiger partial charge is 0.224 e. The first-order valence-electron chi connectivity index (χ1n) is 8.73. The van der Waals surface area contributed by atoms with E-state index >= 15 is 0 Å². The maximum atomic E-state index is 5.39. The SMILES string of the molecule is COc1ccccc1CCNc1ccnc(NCc2ccc(C)cc2)n1. The van der Waals surface area contributed by atoms with Gasteiger partial charge in [0.15, 0.2) is 0 Å². The van der Waals surface area contributed by atoms with Crippen LogP contribution in [-0.2, 0) is 13.0 Å². The van der Waals surface area contributed by atoms with E-state index < -0.39 is 0 Å². The van der Waals surface area contributed by atoms with Crippen molar-refractivity contribution in [2.24, 2.45) is 0 Å². The Morgan fingerprint density at radius 2 is 1.77 bits per heavy atom. The molecule has 0 saturated carbocycles. The first-order valence-corrected chi connectivity index (χ1v) is 8.73. The van der Waals surface area contributed by atoms with Crippen molar-refractivity contribution in [2.75, 3.05) is 24.3 Å². The summed E-state index contributed by atoms with van der Waals surface area (Å²) in [6.45, 7) is 3.56. The van der Waals surface area contributed by atoms with Gasteiger partial charge in [-0.2, -0.15) is 4.98 Å². The molecule has 0 amide bonds. The number of hydrogen-bond donors (Lipinski definition) is 2. The van der Waals surface area contributed by atoms with Gasteiger partial charge in [-0.25, -0.2) is 4.98 Å². The van der Waals surface area contributed by atoms with Crippen molar-refractivity contribution < 1.29 is 4.74 Å². The zero-order valence-corrected chi connectivity index (χ0v) is 15.2. The third kappa shape index (κ3) is 4.96. The summed E-state index contributed by atoms with van der Waals surface area (Å²) in [6, 6.07) is 18.4. The number of rotatable bonds is 8. The van der Waals surface area contributed by atoms with E-state index in [9.17, 15) is 0 Å². The number of hydrogen-bond acceptors (Lipinski definition) is 5. The van der Waals surface area contributed by atoms with Crippen LogP contribution in [0.2, 0.25) is 0 Å². The molecule has 0 aliphatic heterocycles. The van der Waals surface area contributed by atoms with Crippen LogP contribution in [0.15, 0.2) is 60.8 Å². The number of aromatic nitrogens is 2. The predicted molar refractivity (Wildman–Crippen MR) is 106 cm³/mol. The third-order valence-corrected chi connectivity index (χ3v) is 4.12. The summed E-state index contributed by atoms with van der Waals surface area (Å²) in [5, 5.41) is 6.61. The minimum absolute atomic E-state index is 0.618. The monoisotopic (exact) mass is 348 g/mol. The molecule has 0 saturated heterocycles. The number of nitrogens with one attached hydrogen (secondary N) is 2. The van der Waals surface area contributed by atoms with Gasteiger partial charge in [0.05, 0.1) is 7.11 Å². The lowest BCUT2D eigenvalue weighted by molar-refractivity contribution is 0.410. The molecule has 0 radical (unpaired) electrons. The fraction of sp³-hybridized carbons (Fsp3) is 0.238. The molecule has 0 aliphatic carbocycles. The van der Waals surface area contributed by atoms with Crippen molar-refractivity contribution in [1.29, 1.82) is 0 Å². The summed E-state index contributed by atoms with van der Waals surface area (Å²) >= 11 is 0. The molecule has 5 nitrogen and oxygen atoms in total. The van der Waals surface area contributed by atoms with Gasteiger partial charge in [-0.15, -0.1) is 0 Å². The Bertz CT molecular complexity index is 833. The highest BCUT2D eigenvalue weighted by molar-refractivity contribution is 5.41. The second kappa shape index (κ2) is 8.85. The van der Waals surface area contributed by atoms with E-state index in [1.807, 2.05) is 24.3 Å². The third-order valence-electron chi connectivity index (χ3n) is 4.12. The average Bonchev–Trinajstić information content (AvgIpc) is 2.68. The van der Waals surface area contributed by atoms with Gasteiger partial charge in [-0.3, -0.25) is 0 Å². The Morgan fingerprint density at radius 1 is 0.962 bits per heavy atom. The van der Waals surface area contributed by atoms with E-state index in [1.54, 1.807) is 13.3 Å². The summed E-state index contributed by atoms with van der Waals surface area (Å²) in [6.07, 6.45) is 2.62. The van der Waals surface area contributed by atoms with Crippen LogP contribution in [0.3, 0.4) is 0 Å². The van der Waals surface area contributed by atoms with Crippen LogP contribution in [0.1, 0.15) is 16.7 Å². The van der Waals surface area contributed by atoms with E-state index in [-0.39, 0.29) is 0 Å². The van der Waals surface area contributed by atoms with Crippen molar-refractivity contribution in [1.82, 2.24) is 9.97 Å². The number of ether oxygens (including phenoxy) is 1. The summed E-state index contributed by atoms with van der Waals surface area (Å²) in [5.74, 6) is 2.34. The minimum atomic E-state index is 0.618. The zero-order valence-electron chi connectivity index (χ0n) is 15.2. The molecule has 0 aliphatic rings. The average molecular weight is 348 g/mol. The second-order valence-electron chi connectivity index (χ2n) is 6.09. The lowest BCUT2D eigenvalue weighted by Crippen LogP contribution is -2.09. The molecule has 26 heavy (non-hydrogen) atoms. The Balaban J connectivity index is 1.53. The molecule has 134 valence electrons. The number of methoxy groups -OCH3 is 1. The van der Waals surface area contributed by atoms with Crippen LogP contribution in [0, 0.1) is 6.92 Å². The molecule has 2 N–H and O–H groups in total. The summed E-state index contributed by atoms with van der Waals surface area (Å²) in [7, 11) is 1.70. The molecular formula is C21H24N4O. The van der Waals surface area contributed by atoms with E-state index in [2.05, 4.69) is 57.9 Å². The fourth-order valence-electron chi connectivity index (χ4n) is 2.66. The van der Waals surface area contributed by atoms with Crippen LogP contribution in [-0.4, -0.2) is 23.6 Å². The van der Waals surface area contributed by atoms with E-state index in [0.29, 0.717) is 12.5 Å². The van der Waals surface area contributed by atoms with Crippen LogP contribution < -0.4 is 15.4 Å². The highest BCUT2D eigenvalue weighted by Crippen LogP contribution is 2.18. The Hall–Kier alpha value is -3.08. The summed E-state index contributed by atoms with van der Waals surface area (Å²) < 4.78 is 5.39. The van der Waals surface area contributed by atoms with Crippen molar-refractivity contribution in [3.8, 4) is 5.75 Å². The van der Waals surface area contributed by atoms with E-state index in [0.717, 1.165) is 24.5 Å². The predicted octanol–water partition coefficient (Wildman–Crippen LogP) is 4.06. The van der Waals surface area contributed by atoms with Gasteiger partial charge in [0.2, 0.25) is 5.95 Å². The highest BCUT2D eigenvalue weighted by Gasteiger charge is 2.03. The summed E-state index contributed by atoms with van der Waals surface area (Å²) in [4.78, 5) is 8.80. The van der Waals surface area contributed by atoms with Gasteiger partial charge in [0, 0.05) is 19.3 Å². The zero-order chi connectivity index (χ0) is 18.2. The van der Waals surface area contributed by atoms with Crippen LogP contribution in [0.5, 0.6) is 5.75 Å². The molecule has 1 aromatic heterocycles. The largest absolute Gasteiger partial charge is 0.496 e. The van der Waals surface area contributed by atoms with Gasteiger partial charge < -0.3 is 15.4 Å². The standard InChI is InChI=1S/C21H24N4O/c1-16-7-9-17(10-8-16)15-24-21-23-14-12-20(25-21)22-13-11-18-5-3-4-6-19(18)26-2/h3-10,12,14H,11,13,15H2,1-2H3,(H2,22,23,24,25). The Labute approximate surface area is 154 Å². The number of para-hydroxylation sites is 1. The normalized spacial score (nSPS) is 10.4. The van der Waals surface area contributed by atoms with Gasteiger partial charge in [-0.1, -0.05) is 48.0 Å². The van der Waals surface area contributed by atoms with Crippen LogP contribution >= 0.6 is 0 Å². The van der Waals surface area contributed by atoms with Crippen molar-refractivity contribution in [3.05, 3.63) is 77.5 Å². The molecule has 2 aromatic carbocycles. The number of anilines is 2. The quantitative estimate of drug-likeness (QED) is 0.643. The fourth-order valence-corrected chi connectivity index (χ4v) is 2.66. The van der Waals surface area contributed by atoms with Crippen LogP contribution in [0.4, 0.5) is 11.8 Å². The topological polar surface area (TPSA) is 59.1 Å². The first-order chi connectivity index (χ1) is 12.7. The molecule has 3 rings (SSSR count). The molecule has 0 spiro atoms. The molecule has 0 unspecified atom stereocenters. The molecule has 1 heterocycles. The van der Waals surface area contributed by atoms with Gasteiger partial charge in [0.25, 0.3) is 0 Å². The highest BCUT2D eigenvalue weighted by atomic mass is 16.5. The summed E-state index contributed by atoms with van der Waals surface area (Å²) in [5.41, 5.74) is 3.63. The van der Waals surface area contributed by atoms with Crippen molar-refractivity contribution in [3.63, 3.8) is 0 Å². The van der Waals surface area contributed by atoms with Crippen LogP contribution in [0.25, 0.3) is 0 Å². The van der Waals surface area contributed by atoms with Crippen molar-refractivity contribution >= 4 is 11.8 Å². The maximum Gasteiger partial charge on any atom is 0.224 e. The van der Waals surface area contributed by atoms with Crippen molar-refractivity contribution in [2.45, 2.75) is 19.9 Å².